The maximum atomic E-state index is 6.09. The van der Waals surface area contributed by atoms with Crippen LogP contribution in [0.1, 0.15) is 32.0 Å². The van der Waals surface area contributed by atoms with Crippen LogP contribution in [0.15, 0.2) is 41.5 Å². The fourth-order valence-electron chi connectivity index (χ4n) is 2.64. The fourth-order valence-corrected chi connectivity index (χ4v) is 2.86. The molecule has 0 saturated carbocycles. The van der Waals surface area contributed by atoms with Gasteiger partial charge in [-0.05, 0) is 42.5 Å². The van der Waals surface area contributed by atoms with E-state index in [1.807, 2.05) is 36.0 Å². The van der Waals surface area contributed by atoms with Crippen LogP contribution in [0.5, 0.6) is 0 Å². The van der Waals surface area contributed by atoms with Gasteiger partial charge in [-0.2, -0.15) is 5.10 Å². The first kappa shape index (κ1) is 19.3. The number of benzene rings is 1. The minimum atomic E-state index is 0.0768. The van der Waals surface area contributed by atoms with Crippen molar-refractivity contribution in [2.75, 3.05) is 13.1 Å². The Bertz CT molecular complexity index is 705. The van der Waals surface area contributed by atoms with E-state index in [0.29, 0.717) is 6.54 Å². The summed E-state index contributed by atoms with van der Waals surface area (Å²) < 4.78 is 1.84. The normalized spacial score (nSPS) is 12.3. The zero-order chi connectivity index (χ0) is 18.3. The van der Waals surface area contributed by atoms with Crippen molar-refractivity contribution >= 4 is 17.6 Å². The number of aryl methyl sites for hydroxylation is 1. The number of aliphatic imine (C=N–C) groups is 1. The average molecular weight is 362 g/mol. The Hall–Kier alpha value is -2.01. The molecule has 5 nitrogen and oxygen atoms in total. The highest BCUT2D eigenvalue weighted by molar-refractivity contribution is 6.30. The third kappa shape index (κ3) is 6.42. The van der Waals surface area contributed by atoms with E-state index in [0.717, 1.165) is 36.2 Å². The van der Waals surface area contributed by atoms with Crippen LogP contribution in [0.3, 0.4) is 0 Å². The molecule has 0 saturated heterocycles. The van der Waals surface area contributed by atoms with Crippen molar-refractivity contribution in [2.45, 2.75) is 33.7 Å². The van der Waals surface area contributed by atoms with Gasteiger partial charge in [-0.25, -0.2) is 4.99 Å². The predicted molar refractivity (Wildman–Crippen MR) is 105 cm³/mol. The molecule has 2 rings (SSSR count). The summed E-state index contributed by atoms with van der Waals surface area (Å²) in [6.45, 7) is 8.79. The van der Waals surface area contributed by atoms with Crippen LogP contribution in [0.2, 0.25) is 5.02 Å². The standard InChI is InChI=1S/C19H28ClN5/c1-5-21-18(22-13-17-9-10-24-25(17)4)23-14-19(2,3)12-15-7-6-8-16(20)11-15/h6-11H,5,12-14H2,1-4H3,(H2,21,22,23). The van der Waals surface area contributed by atoms with Gasteiger partial charge >= 0.3 is 0 Å². The summed E-state index contributed by atoms with van der Waals surface area (Å²) in [6, 6.07) is 10.0. The molecular formula is C19H28ClN5. The number of guanidine groups is 1. The molecule has 1 aromatic heterocycles. The van der Waals surface area contributed by atoms with Gasteiger partial charge in [-0.1, -0.05) is 37.6 Å². The Morgan fingerprint density at radius 1 is 1.28 bits per heavy atom. The number of nitrogens with zero attached hydrogens (tertiary/aromatic N) is 3. The highest BCUT2D eigenvalue weighted by Crippen LogP contribution is 2.22. The monoisotopic (exact) mass is 361 g/mol. The summed E-state index contributed by atoms with van der Waals surface area (Å²) in [7, 11) is 1.93. The van der Waals surface area contributed by atoms with Gasteiger partial charge in [-0.15, -0.1) is 0 Å². The van der Waals surface area contributed by atoms with Crippen molar-refractivity contribution in [3.8, 4) is 0 Å². The van der Waals surface area contributed by atoms with Gasteiger partial charge in [0.05, 0.1) is 12.2 Å². The Morgan fingerprint density at radius 2 is 2.08 bits per heavy atom. The maximum Gasteiger partial charge on any atom is 0.191 e. The molecule has 0 aliphatic heterocycles. The molecule has 0 aliphatic carbocycles. The third-order valence-electron chi connectivity index (χ3n) is 3.97. The lowest BCUT2D eigenvalue weighted by molar-refractivity contribution is 0.359. The van der Waals surface area contributed by atoms with Crippen LogP contribution in [0.25, 0.3) is 0 Å². The third-order valence-corrected chi connectivity index (χ3v) is 4.21. The first-order valence-corrected chi connectivity index (χ1v) is 9.01. The van der Waals surface area contributed by atoms with Crippen molar-refractivity contribution in [1.82, 2.24) is 20.4 Å². The van der Waals surface area contributed by atoms with E-state index >= 15 is 0 Å². The molecule has 0 amide bonds. The first-order chi connectivity index (χ1) is 11.9. The molecular weight excluding hydrogens is 334 g/mol. The van der Waals surface area contributed by atoms with Gasteiger partial charge in [0.2, 0.25) is 0 Å². The van der Waals surface area contributed by atoms with Gasteiger partial charge in [0, 0.05) is 31.4 Å². The van der Waals surface area contributed by atoms with E-state index < -0.39 is 0 Å². The minimum absolute atomic E-state index is 0.0768. The van der Waals surface area contributed by atoms with Crippen molar-refractivity contribution in [2.24, 2.45) is 17.5 Å². The molecule has 0 unspecified atom stereocenters. The lowest BCUT2D eigenvalue weighted by atomic mass is 9.86. The highest BCUT2D eigenvalue weighted by atomic mass is 35.5. The van der Waals surface area contributed by atoms with Crippen LogP contribution in [-0.4, -0.2) is 28.8 Å². The molecule has 2 N–H and O–H groups in total. The number of halogens is 1. The van der Waals surface area contributed by atoms with Gasteiger partial charge in [-0.3, -0.25) is 4.68 Å². The van der Waals surface area contributed by atoms with E-state index in [-0.39, 0.29) is 5.41 Å². The van der Waals surface area contributed by atoms with Gasteiger partial charge in [0.25, 0.3) is 0 Å². The van der Waals surface area contributed by atoms with Crippen LogP contribution in [0, 0.1) is 5.41 Å². The van der Waals surface area contributed by atoms with E-state index in [2.05, 4.69) is 47.6 Å². The minimum Gasteiger partial charge on any atom is -0.357 e. The Labute approximate surface area is 155 Å². The second-order valence-corrected chi connectivity index (χ2v) is 7.40. The molecule has 0 atom stereocenters. The molecule has 0 spiro atoms. The summed E-state index contributed by atoms with van der Waals surface area (Å²) in [5.74, 6) is 0.822. The Morgan fingerprint density at radius 3 is 2.72 bits per heavy atom. The second-order valence-electron chi connectivity index (χ2n) is 6.97. The molecule has 0 aliphatic rings. The molecule has 2 aromatic rings. The topological polar surface area (TPSA) is 54.2 Å². The van der Waals surface area contributed by atoms with Crippen LogP contribution < -0.4 is 10.6 Å². The summed E-state index contributed by atoms with van der Waals surface area (Å²) in [4.78, 5) is 4.65. The maximum absolute atomic E-state index is 6.09. The number of nitrogens with one attached hydrogen (secondary N) is 2. The summed E-state index contributed by atoms with van der Waals surface area (Å²) in [5, 5.41) is 11.7. The Kier molecular flexibility index (Phi) is 6.88. The van der Waals surface area contributed by atoms with E-state index in [1.54, 1.807) is 6.20 Å². The summed E-state index contributed by atoms with van der Waals surface area (Å²) >= 11 is 6.09. The summed E-state index contributed by atoms with van der Waals surface area (Å²) in [5.41, 5.74) is 2.40. The SMILES string of the molecule is CCNC(=NCc1ccnn1C)NCC(C)(C)Cc1cccc(Cl)c1. The zero-order valence-electron chi connectivity index (χ0n) is 15.5. The molecule has 1 heterocycles. The average Bonchev–Trinajstić information content (AvgIpc) is 2.95. The van der Waals surface area contributed by atoms with Crippen molar-refractivity contribution in [3.05, 3.63) is 52.8 Å². The lowest BCUT2D eigenvalue weighted by Gasteiger charge is -2.26. The van der Waals surface area contributed by atoms with E-state index in [4.69, 9.17) is 11.6 Å². The van der Waals surface area contributed by atoms with Crippen molar-refractivity contribution in [1.29, 1.82) is 0 Å². The smallest absolute Gasteiger partial charge is 0.191 e. The number of rotatable bonds is 7. The van der Waals surface area contributed by atoms with Crippen LogP contribution >= 0.6 is 11.6 Å². The molecule has 0 fully saturated rings. The molecule has 6 heteroatoms. The quantitative estimate of drug-likeness (QED) is 0.587. The molecule has 1 aromatic carbocycles. The first-order valence-electron chi connectivity index (χ1n) is 8.63. The zero-order valence-corrected chi connectivity index (χ0v) is 16.3. The van der Waals surface area contributed by atoms with Crippen LogP contribution in [0.4, 0.5) is 0 Å². The Balaban J connectivity index is 1.95. The number of aromatic nitrogens is 2. The molecule has 136 valence electrons. The number of hydrogen-bond acceptors (Lipinski definition) is 2. The fraction of sp³-hybridized carbons (Fsp3) is 0.474. The number of hydrogen-bond donors (Lipinski definition) is 2. The largest absolute Gasteiger partial charge is 0.357 e. The van der Waals surface area contributed by atoms with Crippen LogP contribution in [-0.2, 0) is 20.0 Å². The van der Waals surface area contributed by atoms with Gasteiger partial charge in [0.15, 0.2) is 5.96 Å². The lowest BCUT2D eigenvalue weighted by Crippen LogP contribution is -2.42. The predicted octanol–water partition coefficient (Wildman–Crippen LogP) is 3.40. The van der Waals surface area contributed by atoms with Crippen molar-refractivity contribution in [3.63, 3.8) is 0 Å². The highest BCUT2D eigenvalue weighted by Gasteiger charge is 2.19. The summed E-state index contributed by atoms with van der Waals surface area (Å²) in [6.07, 6.45) is 2.74. The van der Waals surface area contributed by atoms with Gasteiger partial charge < -0.3 is 10.6 Å². The second kappa shape index (κ2) is 8.90. The molecule has 25 heavy (non-hydrogen) atoms. The molecule has 0 radical (unpaired) electrons. The van der Waals surface area contributed by atoms with E-state index in [9.17, 15) is 0 Å². The van der Waals surface area contributed by atoms with Crippen molar-refractivity contribution < 1.29 is 0 Å². The van der Waals surface area contributed by atoms with Gasteiger partial charge in [0.1, 0.15) is 0 Å². The van der Waals surface area contributed by atoms with E-state index in [1.165, 1.54) is 5.56 Å². The molecule has 0 bridgehead atoms.